The Labute approximate surface area is 149 Å². The molecule has 1 aliphatic heterocycles. The lowest BCUT2D eigenvalue weighted by Crippen LogP contribution is -2.53. The number of halogens is 1. The smallest absolute Gasteiger partial charge is 0.225 e. The Morgan fingerprint density at radius 2 is 1.91 bits per heavy atom. The van der Waals surface area contributed by atoms with Crippen LogP contribution in [-0.2, 0) is 0 Å². The average molecular weight is 416 g/mol. The Kier molecular flexibility index (Phi) is 6.66. The van der Waals surface area contributed by atoms with Gasteiger partial charge < -0.3 is 15.1 Å². The van der Waals surface area contributed by atoms with Crippen molar-refractivity contribution < 1.29 is 0 Å². The third-order valence-corrected chi connectivity index (χ3v) is 4.16. The largest absolute Gasteiger partial charge is 0.356 e. The van der Waals surface area contributed by atoms with Crippen molar-refractivity contribution in [2.75, 3.05) is 44.7 Å². The number of hydrogen-bond donors (Lipinski definition) is 1. The third-order valence-electron chi connectivity index (χ3n) is 4.16. The molecule has 1 saturated heterocycles. The number of aliphatic imine (C=N–C) groups is 1. The molecule has 122 valence electrons. The first-order valence-electron chi connectivity index (χ1n) is 7.84. The maximum Gasteiger partial charge on any atom is 0.225 e. The summed E-state index contributed by atoms with van der Waals surface area (Å²) in [6.07, 6.45) is 7.70. The second-order valence-electron chi connectivity index (χ2n) is 5.73. The Balaban J connectivity index is 0.00000176. The summed E-state index contributed by atoms with van der Waals surface area (Å²) >= 11 is 0. The quantitative estimate of drug-likeness (QED) is 0.459. The lowest BCUT2D eigenvalue weighted by Gasteiger charge is -2.36. The highest BCUT2D eigenvalue weighted by Gasteiger charge is 2.23. The number of nitrogens with one attached hydrogen (secondary N) is 1. The van der Waals surface area contributed by atoms with Gasteiger partial charge in [0.1, 0.15) is 0 Å². The number of piperazine rings is 1. The molecular formula is C15H25IN6. The third kappa shape index (κ3) is 4.69. The summed E-state index contributed by atoms with van der Waals surface area (Å²) in [6, 6.07) is 1.85. The fraction of sp³-hybridized carbons (Fsp3) is 0.667. The molecule has 0 radical (unpaired) electrons. The van der Waals surface area contributed by atoms with E-state index < -0.39 is 0 Å². The molecule has 22 heavy (non-hydrogen) atoms. The fourth-order valence-electron chi connectivity index (χ4n) is 2.70. The summed E-state index contributed by atoms with van der Waals surface area (Å²) in [6.45, 7) is 4.84. The van der Waals surface area contributed by atoms with Crippen LogP contribution in [0.1, 0.15) is 19.3 Å². The van der Waals surface area contributed by atoms with Crippen molar-refractivity contribution in [3.05, 3.63) is 18.5 Å². The van der Waals surface area contributed by atoms with Gasteiger partial charge in [-0.1, -0.05) is 12.8 Å². The Bertz CT molecular complexity index is 468. The van der Waals surface area contributed by atoms with Crippen molar-refractivity contribution in [1.29, 1.82) is 0 Å². The van der Waals surface area contributed by atoms with Gasteiger partial charge in [0.2, 0.25) is 5.95 Å². The SMILES string of the molecule is CN=C(NCCC1CC1)N1CCN(c2ncccn2)CC1.I. The molecule has 1 aliphatic carbocycles. The first-order chi connectivity index (χ1) is 10.4. The predicted octanol–water partition coefficient (Wildman–Crippen LogP) is 1.59. The summed E-state index contributed by atoms with van der Waals surface area (Å²) in [5.74, 6) is 2.82. The summed E-state index contributed by atoms with van der Waals surface area (Å²) in [7, 11) is 1.87. The molecule has 2 heterocycles. The molecule has 7 heteroatoms. The molecule has 2 aliphatic rings. The van der Waals surface area contributed by atoms with E-state index in [0.29, 0.717) is 0 Å². The van der Waals surface area contributed by atoms with Crippen LogP contribution < -0.4 is 10.2 Å². The Hall–Kier alpha value is -1.12. The van der Waals surface area contributed by atoms with Gasteiger partial charge in [-0.2, -0.15) is 0 Å². The summed E-state index contributed by atoms with van der Waals surface area (Å²) in [5.41, 5.74) is 0. The number of aromatic nitrogens is 2. The van der Waals surface area contributed by atoms with E-state index in [4.69, 9.17) is 0 Å². The van der Waals surface area contributed by atoms with Crippen LogP contribution in [0.4, 0.5) is 5.95 Å². The van der Waals surface area contributed by atoms with Gasteiger partial charge in [0.05, 0.1) is 0 Å². The van der Waals surface area contributed by atoms with E-state index in [9.17, 15) is 0 Å². The fourth-order valence-corrected chi connectivity index (χ4v) is 2.70. The van der Waals surface area contributed by atoms with Gasteiger partial charge in [-0.3, -0.25) is 4.99 Å². The first-order valence-corrected chi connectivity index (χ1v) is 7.84. The summed E-state index contributed by atoms with van der Waals surface area (Å²) < 4.78 is 0. The summed E-state index contributed by atoms with van der Waals surface area (Å²) in [5, 5.41) is 3.49. The average Bonchev–Trinajstić information content (AvgIpc) is 3.37. The Morgan fingerprint density at radius 1 is 1.23 bits per heavy atom. The normalized spacial score (nSPS) is 18.9. The van der Waals surface area contributed by atoms with Gasteiger partial charge in [-0.15, -0.1) is 24.0 Å². The van der Waals surface area contributed by atoms with Crippen molar-refractivity contribution in [2.45, 2.75) is 19.3 Å². The van der Waals surface area contributed by atoms with Crippen LogP contribution in [-0.4, -0.2) is 60.6 Å². The van der Waals surface area contributed by atoms with E-state index in [2.05, 4.69) is 30.1 Å². The lowest BCUT2D eigenvalue weighted by atomic mass is 10.3. The first kappa shape index (κ1) is 17.2. The van der Waals surface area contributed by atoms with E-state index in [1.807, 2.05) is 13.1 Å². The maximum absolute atomic E-state index is 4.41. The van der Waals surface area contributed by atoms with Gasteiger partial charge >= 0.3 is 0 Å². The molecule has 0 spiro atoms. The molecule has 3 rings (SSSR count). The number of rotatable bonds is 4. The van der Waals surface area contributed by atoms with Crippen LogP contribution in [0.3, 0.4) is 0 Å². The van der Waals surface area contributed by atoms with E-state index in [0.717, 1.165) is 50.5 Å². The van der Waals surface area contributed by atoms with Crippen molar-refractivity contribution in [3.63, 3.8) is 0 Å². The number of nitrogens with zero attached hydrogens (tertiary/aromatic N) is 5. The number of anilines is 1. The van der Waals surface area contributed by atoms with Gasteiger partial charge in [-0.25, -0.2) is 9.97 Å². The monoisotopic (exact) mass is 416 g/mol. The van der Waals surface area contributed by atoms with Crippen LogP contribution in [0.15, 0.2) is 23.5 Å². The van der Waals surface area contributed by atoms with Crippen LogP contribution in [0.25, 0.3) is 0 Å². The van der Waals surface area contributed by atoms with Crippen LogP contribution >= 0.6 is 24.0 Å². The second kappa shape index (κ2) is 8.50. The topological polar surface area (TPSA) is 56.7 Å². The molecule has 0 amide bonds. The van der Waals surface area contributed by atoms with Gasteiger partial charge in [0.25, 0.3) is 0 Å². The maximum atomic E-state index is 4.41. The van der Waals surface area contributed by atoms with Crippen molar-refractivity contribution in [1.82, 2.24) is 20.2 Å². The van der Waals surface area contributed by atoms with Crippen LogP contribution in [0, 0.1) is 5.92 Å². The van der Waals surface area contributed by atoms with E-state index >= 15 is 0 Å². The summed E-state index contributed by atoms with van der Waals surface area (Å²) in [4.78, 5) is 17.6. The second-order valence-corrected chi connectivity index (χ2v) is 5.73. The minimum Gasteiger partial charge on any atom is -0.356 e. The Morgan fingerprint density at radius 3 is 2.50 bits per heavy atom. The zero-order chi connectivity index (χ0) is 14.5. The van der Waals surface area contributed by atoms with Crippen LogP contribution in [0.2, 0.25) is 0 Å². The molecule has 1 saturated carbocycles. The number of guanidine groups is 1. The van der Waals surface area contributed by atoms with Gasteiger partial charge in [0, 0.05) is 52.2 Å². The van der Waals surface area contributed by atoms with E-state index in [1.165, 1.54) is 19.3 Å². The predicted molar refractivity (Wildman–Crippen MR) is 99.9 cm³/mol. The molecular weight excluding hydrogens is 391 g/mol. The molecule has 1 aromatic rings. The highest BCUT2D eigenvalue weighted by atomic mass is 127. The molecule has 1 N–H and O–H groups in total. The molecule has 0 bridgehead atoms. The van der Waals surface area contributed by atoms with E-state index in [-0.39, 0.29) is 24.0 Å². The molecule has 1 aromatic heterocycles. The van der Waals surface area contributed by atoms with Gasteiger partial charge in [0.15, 0.2) is 5.96 Å². The zero-order valence-corrected chi connectivity index (χ0v) is 15.4. The number of hydrogen-bond acceptors (Lipinski definition) is 4. The minimum atomic E-state index is 0. The zero-order valence-electron chi connectivity index (χ0n) is 13.1. The highest BCUT2D eigenvalue weighted by molar-refractivity contribution is 14.0. The standard InChI is InChI=1S/C15H24N6.HI/c1-16-14(19-8-5-13-3-4-13)20-9-11-21(12-10-20)15-17-6-2-7-18-15;/h2,6-7,13H,3-5,8-12H2,1H3,(H,16,19);1H. The molecule has 0 unspecified atom stereocenters. The van der Waals surface area contributed by atoms with Crippen molar-refractivity contribution in [2.24, 2.45) is 10.9 Å². The minimum absolute atomic E-state index is 0. The highest BCUT2D eigenvalue weighted by Crippen LogP contribution is 2.31. The molecule has 6 nitrogen and oxygen atoms in total. The lowest BCUT2D eigenvalue weighted by molar-refractivity contribution is 0.369. The van der Waals surface area contributed by atoms with Gasteiger partial charge in [-0.05, 0) is 18.4 Å². The molecule has 0 atom stereocenters. The van der Waals surface area contributed by atoms with Crippen molar-refractivity contribution in [3.8, 4) is 0 Å². The van der Waals surface area contributed by atoms with E-state index in [1.54, 1.807) is 12.4 Å². The van der Waals surface area contributed by atoms with Crippen molar-refractivity contribution >= 4 is 35.9 Å². The van der Waals surface area contributed by atoms with Crippen LogP contribution in [0.5, 0.6) is 0 Å². The molecule has 2 fully saturated rings. The molecule has 0 aromatic carbocycles.